The Morgan fingerprint density at radius 1 is 0.895 bits per heavy atom. The predicted octanol–water partition coefficient (Wildman–Crippen LogP) is 5.04. The number of benzene rings is 2. The zero-order valence-electron chi connectivity index (χ0n) is 11.8. The van der Waals surface area contributed by atoms with Gasteiger partial charge in [-0.3, -0.25) is 0 Å². The van der Waals surface area contributed by atoms with Crippen LogP contribution in [-0.4, -0.2) is 7.11 Å². The lowest BCUT2D eigenvalue weighted by molar-refractivity contribution is 0.415. The van der Waals surface area contributed by atoms with Gasteiger partial charge in [-0.1, -0.05) is 23.8 Å². The van der Waals surface area contributed by atoms with Crippen molar-refractivity contribution in [1.82, 2.24) is 0 Å². The standard InChI is InChI=1S/C16H18N2O/c1-11-8-12(2)16(13(3)9-11)18-17-14-6-5-7-15(10-14)19-4/h5-10H,1-4H3. The maximum absolute atomic E-state index is 5.17. The van der Waals surface area contributed by atoms with Gasteiger partial charge in [-0.25, -0.2) is 0 Å². The maximum Gasteiger partial charge on any atom is 0.121 e. The first-order valence-corrected chi connectivity index (χ1v) is 6.24. The highest BCUT2D eigenvalue weighted by molar-refractivity contribution is 5.54. The van der Waals surface area contributed by atoms with Gasteiger partial charge in [0.15, 0.2) is 0 Å². The fraction of sp³-hybridized carbons (Fsp3) is 0.250. The SMILES string of the molecule is COc1cccc(N=Nc2c(C)cc(C)cc2C)c1. The summed E-state index contributed by atoms with van der Waals surface area (Å²) in [5.74, 6) is 0.786. The van der Waals surface area contributed by atoms with Crippen LogP contribution in [0, 0.1) is 20.8 Å². The number of methoxy groups -OCH3 is 1. The van der Waals surface area contributed by atoms with Gasteiger partial charge < -0.3 is 4.74 Å². The highest BCUT2D eigenvalue weighted by atomic mass is 16.5. The first kappa shape index (κ1) is 13.3. The summed E-state index contributed by atoms with van der Waals surface area (Å²) < 4.78 is 5.17. The summed E-state index contributed by atoms with van der Waals surface area (Å²) in [4.78, 5) is 0. The van der Waals surface area contributed by atoms with Crippen molar-refractivity contribution in [2.45, 2.75) is 20.8 Å². The van der Waals surface area contributed by atoms with Crippen LogP contribution in [0.15, 0.2) is 46.6 Å². The molecule has 19 heavy (non-hydrogen) atoms. The van der Waals surface area contributed by atoms with Crippen molar-refractivity contribution in [2.24, 2.45) is 10.2 Å². The second-order valence-corrected chi connectivity index (χ2v) is 4.65. The van der Waals surface area contributed by atoms with Crippen molar-refractivity contribution in [3.8, 4) is 5.75 Å². The monoisotopic (exact) mass is 254 g/mol. The first-order valence-electron chi connectivity index (χ1n) is 6.24. The van der Waals surface area contributed by atoms with Crippen molar-refractivity contribution in [3.05, 3.63) is 53.1 Å². The molecule has 0 saturated carbocycles. The van der Waals surface area contributed by atoms with Gasteiger partial charge in [0.25, 0.3) is 0 Å². The van der Waals surface area contributed by atoms with Gasteiger partial charge in [-0.15, -0.1) is 0 Å². The molecule has 0 bridgehead atoms. The van der Waals surface area contributed by atoms with E-state index in [4.69, 9.17) is 4.74 Å². The second-order valence-electron chi connectivity index (χ2n) is 4.65. The Labute approximate surface area is 114 Å². The number of hydrogen-bond acceptors (Lipinski definition) is 3. The summed E-state index contributed by atoms with van der Waals surface area (Å²) in [6, 6.07) is 11.8. The van der Waals surface area contributed by atoms with E-state index in [0.29, 0.717) is 0 Å². The van der Waals surface area contributed by atoms with Crippen LogP contribution in [0.3, 0.4) is 0 Å². The van der Waals surface area contributed by atoms with Crippen LogP contribution in [0.4, 0.5) is 11.4 Å². The Bertz CT molecular complexity index is 595. The first-order chi connectivity index (χ1) is 9.10. The van der Waals surface area contributed by atoms with E-state index in [1.165, 1.54) is 5.56 Å². The third kappa shape index (κ3) is 3.19. The molecular formula is C16H18N2O. The summed E-state index contributed by atoms with van der Waals surface area (Å²) >= 11 is 0. The van der Waals surface area contributed by atoms with Crippen molar-refractivity contribution < 1.29 is 4.74 Å². The summed E-state index contributed by atoms with van der Waals surface area (Å²) in [6.45, 7) is 6.20. The highest BCUT2D eigenvalue weighted by Crippen LogP contribution is 2.28. The van der Waals surface area contributed by atoms with Crippen molar-refractivity contribution in [1.29, 1.82) is 0 Å². The van der Waals surface area contributed by atoms with E-state index in [1.807, 2.05) is 24.3 Å². The molecule has 0 aliphatic heterocycles. The van der Waals surface area contributed by atoms with Gasteiger partial charge >= 0.3 is 0 Å². The number of nitrogens with zero attached hydrogens (tertiary/aromatic N) is 2. The molecule has 0 atom stereocenters. The fourth-order valence-corrected chi connectivity index (χ4v) is 2.11. The van der Waals surface area contributed by atoms with Gasteiger partial charge in [0.1, 0.15) is 5.75 Å². The Morgan fingerprint density at radius 3 is 2.21 bits per heavy atom. The fourth-order valence-electron chi connectivity index (χ4n) is 2.11. The zero-order valence-corrected chi connectivity index (χ0v) is 11.8. The maximum atomic E-state index is 5.17. The molecule has 3 nitrogen and oxygen atoms in total. The van der Waals surface area contributed by atoms with Crippen LogP contribution < -0.4 is 4.74 Å². The van der Waals surface area contributed by atoms with E-state index in [-0.39, 0.29) is 0 Å². The van der Waals surface area contributed by atoms with Gasteiger partial charge in [0.2, 0.25) is 0 Å². The Balaban J connectivity index is 2.32. The number of rotatable bonds is 3. The van der Waals surface area contributed by atoms with Crippen LogP contribution in [0.1, 0.15) is 16.7 Å². The summed E-state index contributed by atoms with van der Waals surface area (Å²) in [5, 5.41) is 8.64. The van der Waals surface area contributed by atoms with E-state index >= 15 is 0 Å². The van der Waals surface area contributed by atoms with Crippen molar-refractivity contribution in [3.63, 3.8) is 0 Å². The summed E-state index contributed by atoms with van der Waals surface area (Å²) in [6.07, 6.45) is 0. The number of hydrogen-bond donors (Lipinski definition) is 0. The van der Waals surface area contributed by atoms with Gasteiger partial charge in [0, 0.05) is 6.07 Å². The molecule has 0 amide bonds. The summed E-state index contributed by atoms with van der Waals surface area (Å²) in [7, 11) is 1.64. The highest BCUT2D eigenvalue weighted by Gasteiger charge is 2.02. The molecule has 0 spiro atoms. The molecule has 2 aromatic rings. The van der Waals surface area contributed by atoms with Gasteiger partial charge in [-0.05, 0) is 44.0 Å². The van der Waals surface area contributed by atoms with E-state index in [9.17, 15) is 0 Å². The number of aryl methyl sites for hydroxylation is 3. The Morgan fingerprint density at radius 2 is 1.58 bits per heavy atom. The van der Waals surface area contributed by atoms with E-state index in [0.717, 1.165) is 28.3 Å². The molecule has 0 saturated heterocycles. The predicted molar refractivity (Wildman–Crippen MR) is 77.8 cm³/mol. The molecule has 2 rings (SSSR count). The Hall–Kier alpha value is -2.16. The molecule has 0 unspecified atom stereocenters. The van der Waals surface area contributed by atoms with Crippen LogP contribution in [-0.2, 0) is 0 Å². The van der Waals surface area contributed by atoms with Gasteiger partial charge in [0.05, 0.1) is 18.5 Å². The normalized spacial score (nSPS) is 10.9. The minimum absolute atomic E-state index is 0.786. The molecule has 3 heteroatoms. The minimum atomic E-state index is 0.786. The topological polar surface area (TPSA) is 34.0 Å². The van der Waals surface area contributed by atoms with Crippen LogP contribution in [0.5, 0.6) is 5.75 Å². The largest absolute Gasteiger partial charge is 0.497 e. The average molecular weight is 254 g/mol. The van der Waals surface area contributed by atoms with Crippen LogP contribution in [0.25, 0.3) is 0 Å². The van der Waals surface area contributed by atoms with Gasteiger partial charge in [-0.2, -0.15) is 10.2 Å². The van der Waals surface area contributed by atoms with Crippen LogP contribution >= 0.6 is 0 Å². The van der Waals surface area contributed by atoms with E-state index < -0.39 is 0 Å². The molecule has 0 aliphatic carbocycles. The molecule has 98 valence electrons. The molecule has 0 fully saturated rings. The molecule has 0 heterocycles. The van der Waals surface area contributed by atoms with Crippen LogP contribution in [0.2, 0.25) is 0 Å². The molecule has 0 aromatic heterocycles. The van der Waals surface area contributed by atoms with E-state index in [2.05, 4.69) is 43.1 Å². The van der Waals surface area contributed by atoms with Crippen molar-refractivity contribution in [2.75, 3.05) is 7.11 Å². The lowest BCUT2D eigenvalue weighted by Gasteiger charge is -2.05. The molecular weight excluding hydrogens is 236 g/mol. The lowest BCUT2D eigenvalue weighted by Crippen LogP contribution is -1.83. The molecule has 0 N–H and O–H groups in total. The smallest absolute Gasteiger partial charge is 0.121 e. The third-order valence-electron chi connectivity index (χ3n) is 2.95. The number of ether oxygens (including phenoxy) is 1. The lowest BCUT2D eigenvalue weighted by atomic mass is 10.1. The molecule has 0 aliphatic rings. The summed E-state index contributed by atoms with van der Waals surface area (Å²) in [5.41, 5.74) is 5.26. The third-order valence-corrected chi connectivity index (χ3v) is 2.95. The quantitative estimate of drug-likeness (QED) is 0.707. The molecule has 0 radical (unpaired) electrons. The average Bonchev–Trinajstić information content (AvgIpc) is 2.37. The molecule has 2 aromatic carbocycles. The Kier molecular flexibility index (Phi) is 3.95. The number of azo groups is 1. The van der Waals surface area contributed by atoms with E-state index in [1.54, 1.807) is 7.11 Å². The minimum Gasteiger partial charge on any atom is -0.497 e. The second kappa shape index (κ2) is 5.65. The van der Waals surface area contributed by atoms with Crippen molar-refractivity contribution >= 4 is 11.4 Å². The zero-order chi connectivity index (χ0) is 13.8.